The standard InChI is InChI=1S/C11H13NO4/c1-6-10(5-13)16-9-3-2-7(11(14)15)4-8(9)12-6/h2-4,6,10,12-13H,5H2,1H3,(H,14,15). The number of anilines is 1. The molecule has 2 rings (SSSR count). The Hall–Kier alpha value is -1.75. The van der Waals surface area contributed by atoms with Crippen LogP contribution in [0.2, 0.25) is 0 Å². The summed E-state index contributed by atoms with van der Waals surface area (Å²) in [5, 5.41) is 21.0. The maximum Gasteiger partial charge on any atom is 0.335 e. The molecule has 5 nitrogen and oxygen atoms in total. The predicted molar refractivity (Wildman–Crippen MR) is 58.0 cm³/mol. The SMILES string of the molecule is CC1Nc2cc(C(=O)O)ccc2OC1CO. The summed E-state index contributed by atoms with van der Waals surface area (Å²) < 4.78 is 5.52. The monoisotopic (exact) mass is 223 g/mol. The second-order valence-electron chi connectivity index (χ2n) is 3.79. The molecule has 0 aliphatic carbocycles. The maximum atomic E-state index is 10.8. The third-order valence-corrected chi connectivity index (χ3v) is 2.63. The zero-order valence-electron chi connectivity index (χ0n) is 8.80. The summed E-state index contributed by atoms with van der Waals surface area (Å²) in [6.07, 6.45) is -0.303. The molecule has 0 spiro atoms. The van der Waals surface area contributed by atoms with Crippen molar-refractivity contribution in [1.29, 1.82) is 0 Å². The fourth-order valence-electron chi connectivity index (χ4n) is 1.68. The van der Waals surface area contributed by atoms with Gasteiger partial charge < -0.3 is 20.3 Å². The molecule has 0 amide bonds. The van der Waals surface area contributed by atoms with Crippen LogP contribution < -0.4 is 10.1 Å². The molecule has 3 N–H and O–H groups in total. The van der Waals surface area contributed by atoms with Crippen molar-refractivity contribution in [2.45, 2.75) is 19.1 Å². The number of ether oxygens (including phenoxy) is 1. The van der Waals surface area contributed by atoms with Crippen LogP contribution in [0.3, 0.4) is 0 Å². The van der Waals surface area contributed by atoms with Crippen LogP contribution >= 0.6 is 0 Å². The van der Waals surface area contributed by atoms with E-state index in [-0.39, 0.29) is 24.3 Å². The summed E-state index contributed by atoms with van der Waals surface area (Å²) in [6.45, 7) is 1.80. The van der Waals surface area contributed by atoms with E-state index in [9.17, 15) is 4.79 Å². The number of rotatable bonds is 2. The van der Waals surface area contributed by atoms with Crippen LogP contribution in [-0.4, -0.2) is 34.9 Å². The van der Waals surface area contributed by atoms with Gasteiger partial charge in [0.05, 0.1) is 23.9 Å². The van der Waals surface area contributed by atoms with Gasteiger partial charge in [0.15, 0.2) is 0 Å². The smallest absolute Gasteiger partial charge is 0.335 e. The van der Waals surface area contributed by atoms with Gasteiger partial charge in [-0.1, -0.05) is 0 Å². The highest BCUT2D eigenvalue weighted by molar-refractivity contribution is 5.89. The maximum absolute atomic E-state index is 10.8. The zero-order valence-corrected chi connectivity index (χ0v) is 8.80. The Morgan fingerprint density at radius 3 is 2.94 bits per heavy atom. The van der Waals surface area contributed by atoms with Crippen molar-refractivity contribution < 1.29 is 19.7 Å². The molecule has 2 atom stereocenters. The Morgan fingerprint density at radius 2 is 2.31 bits per heavy atom. The summed E-state index contributed by atoms with van der Waals surface area (Å²) in [4.78, 5) is 10.8. The summed E-state index contributed by atoms with van der Waals surface area (Å²) in [7, 11) is 0. The minimum absolute atomic E-state index is 0.0541. The molecule has 1 aliphatic heterocycles. The van der Waals surface area contributed by atoms with Gasteiger partial charge in [-0.3, -0.25) is 0 Å². The van der Waals surface area contributed by atoms with E-state index in [0.29, 0.717) is 11.4 Å². The first-order valence-electron chi connectivity index (χ1n) is 5.03. The third kappa shape index (κ3) is 1.81. The lowest BCUT2D eigenvalue weighted by Gasteiger charge is -2.32. The topological polar surface area (TPSA) is 78.8 Å². The van der Waals surface area contributed by atoms with Gasteiger partial charge in [-0.2, -0.15) is 0 Å². The van der Waals surface area contributed by atoms with Crippen molar-refractivity contribution in [3.8, 4) is 5.75 Å². The molecule has 0 saturated heterocycles. The number of benzene rings is 1. The first-order valence-corrected chi connectivity index (χ1v) is 5.03. The molecule has 1 aromatic carbocycles. The minimum Gasteiger partial charge on any atom is -0.484 e. The van der Waals surface area contributed by atoms with Crippen LogP contribution in [-0.2, 0) is 0 Å². The molecule has 5 heteroatoms. The van der Waals surface area contributed by atoms with Crippen molar-refractivity contribution >= 4 is 11.7 Å². The molecular formula is C11H13NO4. The Morgan fingerprint density at radius 1 is 1.56 bits per heavy atom. The fourth-order valence-corrected chi connectivity index (χ4v) is 1.68. The fraction of sp³-hybridized carbons (Fsp3) is 0.364. The van der Waals surface area contributed by atoms with Crippen LogP contribution in [0.4, 0.5) is 5.69 Å². The largest absolute Gasteiger partial charge is 0.484 e. The number of aliphatic hydroxyl groups is 1. The lowest BCUT2D eigenvalue weighted by Crippen LogP contribution is -2.41. The Kier molecular flexibility index (Phi) is 2.70. The summed E-state index contributed by atoms with van der Waals surface area (Å²) in [6, 6.07) is 4.55. The van der Waals surface area contributed by atoms with Crippen LogP contribution in [0, 0.1) is 0 Å². The highest BCUT2D eigenvalue weighted by atomic mass is 16.5. The Labute approximate surface area is 92.7 Å². The molecule has 0 bridgehead atoms. The summed E-state index contributed by atoms with van der Waals surface area (Å²) >= 11 is 0. The Bertz CT molecular complexity index is 418. The molecule has 86 valence electrons. The number of nitrogens with one attached hydrogen (secondary N) is 1. The Balaban J connectivity index is 2.32. The average Bonchev–Trinajstić information content (AvgIpc) is 2.27. The van der Waals surface area contributed by atoms with Crippen LogP contribution in [0.5, 0.6) is 5.75 Å². The van der Waals surface area contributed by atoms with E-state index in [1.54, 1.807) is 6.07 Å². The number of carbonyl (C=O) groups is 1. The van der Waals surface area contributed by atoms with E-state index in [1.807, 2.05) is 6.92 Å². The van der Waals surface area contributed by atoms with E-state index in [2.05, 4.69) is 5.32 Å². The zero-order chi connectivity index (χ0) is 11.7. The van der Waals surface area contributed by atoms with E-state index < -0.39 is 5.97 Å². The number of carboxylic acids is 1. The molecular weight excluding hydrogens is 210 g/mol. The van der Waals surface area contributed by atoms with Crippen molar-refractivity contribution in [2.75, 3.05) is 11.9 Å². The number of aliphatic hydroxyl groups excluding tert-OH is 1. The first kappa shape index (κ1) is 10.8. The van der Waals surface area contributed by atoms with Crippen molar-refractivity contribution in [3.05, 3.63) is 23.8 Å². The molecule has 0 saturated carbocycles. The van der Waals surface area contributed by atoms with Crippen molar-refractivity contribution in [1.82, 2.24) is 0 Å². The minimum atomic E-state index is -0.971. The molecule has 0 fully saturated rings. The highest BCUT2D eigenvalue weighted by Crippen LogP contribution is 2.32. The number of hydrogen-bond acceptors (Lipinski definition) is 4. The van der Waals surface area contributed by atoms with Gasteiger partial charge in [-0.15, -0.1) is 0 Å². The van der Waals surface area contributed by atoms with Crippen LogP contribution in [0.25, 0.3) is 0 Å². The van der Waals surface area contributed by atoms with Crippen LogP contribution in [0.1, 0.15) is 17.3 Å². The highest BCUT2D eigenvalue weighted by Gasteiger charge is 2.25. The molecule has 16 heavy (non-hydrogen) atoms. The molecule has 1 aliphatic rings. The third-order valence-electron chi connectivity index (χ3n) is 2.63. The van der Waals surface area contributed by atoms with Crippen LogP contribution in [0.15, 0.2) is 18.2 Å². The second-order valence-corrected chi connectivity index (χ2v) is 3.79. The van der Waals surface area contributed by atoms with Gasteiger partial charge in [0.25, 0.3) is 0 Å². The molecule has 0 aromatic heterocycles. The van der Waals surface area contributed by atoms with Crippen molar-refractivity contribution in [2.24, 2.45) is 0 Å². The van der Waals surface area contributed by atoms with E-state index >= 15 is 0 Å². The lowest BCUT2D eigenvalue weighted by molar-refractivity contribution is 0.0696. The van der Waals surface area contributed by atoms with Gasteiger partial charge in [-0.25, -0.2) is 4.79 Å². The molecule has 1 heterocycles. The lowest BCUT2D eigenvalue weighted by atomic mass is 10.1. The van der Waals surface area contributed by atoms with E-state index in [4.69, 9.17) is 14.9 Å². The number of fused-ring (bicyclic) bond motifs is 1. The van der Waals surface area contributed by atoms with E-state index in [0.717, 1.165) is 0 Å². The van der Waals surface area contributed by atoms with Gasteiger partial charge in [0, 0.05) is 0 Å². The predicted octanol–water partition coefficient (Wildman–Crippen LogP) is 0.938. The summed E-state index contributed by atoms with van der Waals surface area (Å²) in [5.74, 6) is -0.399. The molecule has 0 radical (unpaired) electrons. The number of aromatic carboxylic acids is 1. The molecule has 2 unspecified atom stereocenters. The van der Waals surface area contributed by atoms with Crippen molar-refractivity contribution in [3.63, 3.8) is 0 Å². The first-order chi connectivity index (χ1) is 7.61. The normalized spacial score (nSPS) is 22.9. The van der Waals surface area contributed by atoms with E-state index in [1.165, 1.54) is 12.1 Å². The van der Waals surface area contributed by atoms with Gasteiger partial charge >= 0.3 is 5.97 Å². The number of carboxylic acid groups (broad SMARTS) is 1. The summed E-state index contributed by atoms with van der Waals surface area (Å²) in [5.41, 5.74) is 0.863. The van der Waals surface area contributed by atoms with Gasteiger partial charge in [-0.05, 0) is 25.1 Å². The number of hydrogen-bond donors (Lipinski definition) is 3. The average molecular weight is 223 g/mol. The van der Waals surface area contributed by atoms with Gasteiger partial charge in [0.1, 0.15) is 11.9 Å². The second kappa shape index (κ2) is 4.02. The van der Waals surface area contributed by atoms with Gasteiger partial charge in [0.2, 0.25) is 0 Å². The molecule has 1 aromatic rings. The quantitative estimate of drug-likeness (QED) is 0.695.